The Balaban J connectivity index is 1.79. The minimum absolute atomic E-state index is 0.325. The molecule has 0 aliphatic heterocycles. The minimum atomic E-state index is -0.325. The van der Waals surface area contributed by atoms with Gasteiger partial charge in [0.05, 0.1) is 11.0 Å². The summed E-state index contributed by atoms with van der Waals surface area (Å²) in [5.74, 6) is 0.558. The van der Waals surface area contributed by atoms with Crippen LogP contribution in [-0.4, -0.2) is 9.97 Å². The quantitative estimate of drug-likeness (QED) is 0.756. The Kier molecular flexibility index (Phi) is 3.32. The van der Waals surface area contributed by atoms with Gasteiger partial charge in [-0.3, -0.25) is 0 Å². The summed E-state index contributed by atoms with van der Waals surface area (Å²) in [7, 11) is 0. The van der Waals surface area contributed by atoms with Gasteiger partial charge in [0.15, 0.2) is 0 Å². The number of anilines is 1. The van der Waals surface area contributed by atoms with Crippen molar-refractivity contribution >= 4 is 28.3 Å². The maximum atomic E-state index is 13.2. The summed E-state index contributed by atoms with van der Waals surface area (Å²) in [5.41, 5.74) is 3.66. The van der Waals surface area contributed by atoms with E-state index in [4.69, 9.17) is 11.6 Å². The molecule has 0 bridgehead atoms. The van der Waals surface area contributed by atoms with Crippen molar-refractivity contribution < 1.29 is 4.39 Å². The second-order valence-corrected chi connectivity index (χ2v) is 5.12. The molecule has 0 aliphatic carbocycles. The molecule has 0 atom stereocenters. The predicted molar refractivity (Wildman–Crippen MR) is 79.6 cm³/mol. The Hall–Kier alpha value is -2.07. The topological polar surface area (TPSA) is 40.7 Å². The highest BCUT2D eigenvalue weighted by Crippen LogP contribution is 2.19. The first kappa shape index (κ1) is 12.9. The van der Waals surface area contributed by atoms with E-state index in [2.05, 4.69) is 15.3 Å². The van der Waals surface area contributed by atoms with Crippen molar-refractivity contribution in [2.24, 2.45) is 0 Å². The zero-order valence-electron chi connectivity index (χ0n) is 10.9. The van der Waals surface area contributed by atoms with Gasteiger partial charge in [0.25, 0.3) is 0 Å². The number of H-pyrrole nitrogens is 1. The van der Waals surface area contributed by atoms with Crippen LogP contribution in [0.15, 0.2) is 36.4 Å². The number of aryl methyl sites for hydroxylation is 1. The number of halogens is 2. The molecule has 3 rings (SSSR count). The second kappa shape index (κ2) is 5.13. The molecule has 102 valence electrons. The van der Waals surface area contributed by atoms with E-state index >= 15 is 0 Å². The molecule has 0 saturated carbocycles. The fraction of sp³-hybridized carbons (Fsp3) is 0.133. The summed E-state index contributed by atoms with van der Waals surface area (Å²) in [6, 6.07) is 10.4. The van der Waals surface area contributed by atoms with Crippen LogP contribution in [0.1, 0.15) is 11.4 Å². The fourth-order valence-corrected chi connectivity index (χ4v) is 2.41. The van der Waals surface area contributed by atoms with Crippen molar-refractivity contribution in [3.05, 3.63) is 58.6 Å². The van der Waals surface area contributed by atoms with Crippen molar-refractivity contribution in [2.45, 2.75) is 13.5 Å². The van der Waals surface area contributed by atoms with Crippen LogP contribution in [0, 0.1) is 12.7 Å². The van der Waals surface area contributed by atoms with Gasteiger partial charge in [-0.15, -0.1) is 0 Å². The first-order valence-corrected chi connectivity index (χ1v) is 6.63. The number of nitrogens with zero attached hydrogens (tertiary/aromatic N) is 1. The second-order valence-electron chi connectivity index (χ2n) is 4.69. The molecule has 3 aromatic rings. The van der Waals surface area contributed by atoms with E-state index in [-0.39, 0.29) is 5.82 Å². The average Bonchev–Trinajstić information content (AvgIpc) is 2.74. The van der Waals surface area contributed by atoms with Gasteiger partial charge in [0.1, 0.15) is 11.6 Å². The SMILES string of the molecule is Cc1nc2ccc(NCc3cc(F)cc(Cl)c3)cc2[nH]1. The number of imidazole rings is 1. The zero-order chi connectivity index (χ0) is 14.1. The first-order valence-electron chi connectivity index (χ1n) is 6.25. The molecule has 20 heavy (non-hydrogen) atoms. The van der Waals surface area contributed by atoms with Gasteiger partial charge in [-0.1, -0.05) is 11.6 Å². The Morgan fingerprint density at radius 3 is 2.90 bits per heavy atom. The largest absolute Gasteiger partial charge is 0.381 e. The lowest BCUT2D eigenvalue weighted by Crippen LogP contribution is -1.99. The van der Waals surface area contributed by atoms with Gasteiger partial charge < -0.3 is 10.3 Å². The molecule has 1 heterocycles. The summed E-state index contributed by atoms with van der Waals surface area (Å²) in [5, 5.41) is 3.65. The maximum Gasteiger partial charge on any atom is 0.125 e. The minimum Gasteiger partial charge on any atom is -0.381 e. The zero-order valence-corrected chi connectivity index (χ0v) is 11.6. The summed E-state index contributed by atoms with van der Waals surface area (Å²) in [6.45, 7) is 2.43. The number of nitrogens with one attached hydrogen (secondary N) is 2. The summed E-state index contributed by atoms with van der Waals surface area (Å²) < 4.78 is 13.2. The van der Waals surface area contributed by atoms with E-state index in [1.54, 1.807) is 6.07 Å². The predicted octanol–water partition coefficient (Wildman–Crippen LogP) is 4.28. The molecule has 2 aromatic carbocycles. The summed E-state index contributed by atoms with van der Waals surface area (Å²) in [6.07, 6.45) is 0. The number of aromatic nitrogens is 2. The normalized spacial score (nSPS) is 10.9. The molecule has 0 amide bonds. The lowest BCUT2D eigenvalue weighted by Gasteiger charge is -2.07. The van der Waals surface area contributed by atoms with E-state index in [1.807, 2.05) is 25.1 Å². The third-order valence-corrected chi connectivity index (χ3v) is 3.24. The van der Waals surface area contributed by atoms with E-state index in [1.165, 1.54) is 12.1 Å². The van der Waals surface area contributed by atoms with Crippen LogP contribution < -0.4 is 5.32 Å². The van der Waals surface area contributed by atoms with Crippen LogP contribution in [0.25, 0.3) is 11.0 Å². The molecule has 0 radical (unpaired) electrons. The van der Waals surface area contributed by atoms with Crippen LogP contribution in [0.3, 0.4) is 0 Å². The van der Waals surface area contributed by atoms with Crippen LogP contribution in [0.2, 0.25) is 5.02 Å². The monoisotopic (exact) mass is 289 g/mol. The van der Waals surface area contributed by atoms with E-state index in [0.717, 1.165) is 28.1 Å². The standard InChI is InChI=1S/C15H13ClFN3/c1-9-19-14-3-2-13(7-15(14)20-9)18-8-10-4-11(16)6-12(17)5-10/h2-7,18H,8H2,1H3,(H,19,20). The number of rotatable bonds is 3. The average molecular weight is 290 g/mol. The van der Waals surface area contributed by atoms with Gasteiger partial charge in [0.2, 0.25) is 0 Å². The molecule has 0 fully saturated rings. The van der Waals surface area contributed by atoms with Crippen LogP contribution in [-0.2, 0) is 6.54 Å². The van der Waals surface area contributed by atoms with Gasteiger partial charge >= 0.3 is 0 Å². The van der Waals surface area contributed by atoms with Crippen molar-refractivity contribution in [3.8, 4) is 0 Å². The lowest BCUT2D eigenvalue weighted by atomic mass is 10.2. The highest BCUT2D eigenvalue weighted by Gasteiger charge is 2.02. The number of hydrogen-bond donors (Lipinski definition) is 2. The third kappa shape index (κ3) is 2.75. The Morgan fingerprint density at radius 1 is 1.25 bits per heavy atom. The molecule has 0 aliphatic rings. The lowest BCUT2D eigenvalue weighted by molar-refractivity contribution is 0.626. The molecule has 5 heteroatoms. The highest BCUT2D eigenvalue weighted by molar-refractivity contribution is 6.30. The van der Waals surface area contributed by atoms with Crippen molar-refractivity contribution in [3.63, 3.8) is 0 Å². The van der Waals surface area contributed by atoms with Crippen LogP contribution in [0.4, 0.5) is 10.1 Å². The van der Waals surface area contributed by atoms with Crippen molar-refractivity contribution in [2.75, 3.05) is 5.32 Å². The van der Waals surface area contributed by atoms with E-state index < -0.39 is 0 Å². The molecular weight excluding hydrogens is 277 g/mol. The van der Waals surface area contributed by atoms with Gasteiger partial charge in [-0.05, 0) is 48.9 Å². The molecule has 1 aromatic heterocycles. The molecular formula is C15H13ClFN3. The Bertz CT molecular complexity index is 747. The van der Waals surface area contributed by atoms with Crippen LogP contribution >= 0.6 is 11.6 Å². The highest BCUT2D eigenvalue weighted by atomic mass is 35.5. The number of aromatic amines is 1. The summed E-state index contributed by atoms with van der Waals surface area (Å²) >= 11 is 5.83. The van der Waals surface area contributed by atoms with Crippen LogP contribution in [0.5, 0.6) is 0 Å². The fourth-order valence-electron chi connectivity index (χ4n) is 2.16. The molecule has 0 saturated heterocycles. The van der Waals surface area contributed by atoms with E-state index in [0.29, 0.717) is 11.6 Å². The molecule has 2 N–H and O–H groups in total. The van der Waals surface area contributed by atoms with Gasteiger partial charge in [0, 0.05) is 17.3 Å². The van der Waals surface area contributed by atoms with Gasteiger partial charge in [-0.2, -0.15) is 0 Å². The number of benzene rings is 2. The maximum absolute atomic E-state index is 13.2. The molecule has 3 nitrogen and oxygen atoms in total. The summed E-state index contributed by atoms with van der Waals surface area (Å²) in [4.78, 5) is 7.53. The number of fused-ring (bicyclic) bond motifs is 1. The smallest absolute Gasteiger partial charge is 0.125 e. The molecule has 0 spiro atoms. The van der Waals surface area contributed by atoms with Crippen molar-refractivity contribution in [1.82, 2.24) is 9.97 Å². The number of hydrogen-bond acceptors (Lipinski definition) is 2. The Labute approximate surface area is 120 Å². The Morgan fingerprint density at radius 2 is 2.10 bits per heavy atom. The van der Waals surface area contributed by atoms with Crippen molar-refractivity contribution in [1.29, 1.82) is 0 Å². The molecule has 0 unspecified atom stereocenters. The van der Waals surface area contributed by atoms with Gasteiger partial charge in [-0.25, -0.2) is 9.37 Å². The third-order valence-electron chi connectivity index (χ3n) is 3.02. The van der Waals surface area contributed by atoms with E-state index in [9.17, 15) is 4.39 Å². The first-order chi connectivity index (χ1) is 9.60.